The maximum atomic E-state index is 14.1. The second-order valence-electron chi connectivity index (χ2n) is 10.0. The topological polar surface area (TPSA) is 87.0 Å². The van der Waals surface area contributed by atoms with Crippen molar-refractivity contribution in [2.45, 2.75) is 32.6 Å². The van der Waals surface area contributed by atoms with Crippen molar-refractivity contribution in [2.75, 3.05) is 0 Å². The summed E-state index contributed by atoms with van der Waals surface area (Å²) in [5.41, 5.74) is 2.36. The minimum absolute atomic E-state index is 0.301. The Bertz CT molecular complexity index is 1710. The predicted molar refractivity (Wildman–Crippen MR) is 143 cm³/mol. The van der Waals surface area contributed by atoms with Crippen LogP contribution in [0.25, 0.3) is 34.2 Å². The molecule has 1 N–H and O–H groups in total. The van der Waals surface area contributed by atoms with E-state index >= 15 is 0 Å². The number of H-pyrrole nitrogens is 1. The fraction of sp³-hybridized carbons (Fsp3) is 0.179. The third-order valence-electron chi connectivity index (χ3n) is 6.09. The van der Waals surface area contributed by atoms with Gasteiger partial charge in [-0.05, 0) is 73.1 Å². The van der Waals surface area contributed by atoms with Crippen molar-refractivity contribution in [1.29, 1.82) is 0 Å². The van der Waals surface area contributed by atoms with Crippen LogP contribution in [-0.2, 0) is 4.74 Å². The van der Waals surface area contributed by atoms with E-state index < -0.39 is 29.6 Å². The summed E-state index contributed by atoms with van der Waals surface area (Å²) < 4.78 is 43.7. The van der Waals surface area contributed by atoms with Crippen LogP contribution in [-0.4, -0.2) is 35.8 Å². The van der Waals surface area contributed by atoms with E-state index in [0.29, 0.717) is 39.0 Å². The van der Waals surface area contributed by atoms with Gasteiger partial charge in [0.2, 0.25) is 6.23 Å². The molecule has 11 heteroatoms. The lowest BCUT2D eigenvalue weighted by molar-refractivity contribution is 0.0540. The standard InChI is InChI=1S/C28H22BrF2N5O3/c1-28(2,3)39-27(37)35-8-4-5-21(35)24-32-13-20(34-24)15-6-7-19-22(11-15)38-26(36-23(29)14-33-25(19)36)16-9-17(30)12-18(31)10-16/h4-14,26H,1-3H3,(H,32,34). The summed E-state index contributed by atoms with van der Waals surface area (Å²) in [7, 11) is 0. The van der Waals surface area contributed by atoms with Crippen LogP contribution in [0.2, 0.25) is 0 Å². The number of halogens is 3. The number of carbonyl (C=O) groups is 1. The van der Waals surface area contributed by atoms with Gasteiger partial charge in [0.15, 0.2) is 5.82 Å². The smallest absolute Gasteiger partial charge is 0.419 e. The molecular formula is C28H22BrF2N5O3. The van der Waals surface area contributed by atoms with Crippen molar-refractivity contribution < 1.29 is 23.0 Å². The average molecular weight is 594 g/mol. The highest BCUT2D eigenvalue weighted by molar-refractivity contribution is 9.10. The Morgan fingerprint density at radius 2 is 1.85 bits per heavy atom. The van der Waals surface area contributed by atoms with Crippen molar-refractivity contribution in [1.82, 2.24) is 24.1 Å². The molecule has 0 bridgehead atoms. The van der Waals surface area contributed by atoms with Crippen LogP contribution in [0.5, 0.6) is 5.75 Å². The number of carbonyl (C=O) groups excluding carboxylic acids is 1. The summed E-state index contributed by atoms with van der Waals surface area (Å²) in [6.45, 7) is 5.41. The van der Waals surface area contributed by atoms with Crippen molar-refractivity contribution >= 4 is 22.0 Å². The lowest BCUT2D eigenvalue weighted by atomic mass is 10.1. The van der Waals surface area contributed by atoms with Crippen LogP contribution in [0, 0.1) is 11.6 Å². The zero-order valence-corrected chi connectivity index (χ0v) is 22.7. The summed E-state index contributed by atoms with van der Waals surface area (Å²) in [6, 6.07) is 12.4. The number of rotatable bonds is 3. The van der Waals surface area contributed by atoms with Crippen molar-refractivity contribution in [3.8, 4) is 39.9 Å². The quantitative estimate of drug-likeness (QED) is 0.239. The monoisotopic (exact) mass is 593 g/mol. The van der Waals surface area contributed by atoms with Crippen LogP contribution in [0.4, 0.5) is 13.6 Å². The lowest BCUT2D eigenvalue weighted by Crippen LogP contribution is -2.27. The van der Waals surface area contributed by atoms with Crippen LogP contribution in [0.15, 0.2) is 71.7 Å². The fourth-order valence-electron chi connectivity index (χ4n) is 4.48. The van der Waals surface area contributed by atoms with E-state index in [1.54, 1.807) is 56.1 Å². The highest BCUT2D eigenvalue weighted by Gasteiger charge is 2.31. The Morgan fingerprint density at radius 1 is 1.08 bits per heavy atom. The molecule has 1 aliphatic rings. The third-order valence-corrected chi connectivity index (χ3v) is 6.67. The number of aromatic nitrogens is 5. The summed E-state index contributed by atoms with van der Waals surface area (Å²) in [5.74, 6) is 0.150. The minimum Gasteiger partial charge on any atom is -0.465 e. The first-order chi connectivity index (χ1) is 18.6. The molecule has 0 aliphatic carbocycles. The highest BCUT2D eigenvalue weighted by atomic mass is 79.9. The second-order valence-corrected chi connectivity index (χ2v) is 10.9. The molecule has 0 radical (unpaired) electrons. The first kappa shape index (κ1) is 25.1. The summed E-state index contributed by atoms with van der Waals surface area (Å²) in [5, 5.41) is 0. The molecule has 1 unspecified atom stereocenters. The summed E-state index contributed by atoms with van der Waals surface area (Å²) in [4.78, 5) is 24.9. The van der Waals surface area contributed by atoms with E-state index in [0.717, 1.165) is 17.2 Å². The molecule has 1 atom stereocenters. The van der Waals surface area contributed by atoms with Crippen molar-refractivity contribution in [3.63, 3.8) is 0 Å². The third kappa shape index (κ3) is 4.63. The van der Waals surface area contributed by atoms with E-state index in [9.17, 15) is 13.6 Å². The lowest BCUT2D eigenvalue weighted by Gasteiger charge is -2.29. The van der Waals surface area contributed by atoms with Crippen LogP contribution in [0.1, 0.15) is 32.6 Å². The maximum absolute atomic E-state index is 14.1. The number of nitrogens with one attached hydrogen (secondary N) is 1. The Morgan fingerprint density at radius 3 is 2.59 bits per heavy atom. The van der Waals surface area contributed by atoms with E-state index in [-0.39, 0.29) is 0 Å². The first-order valence-electron chi connectivity index (χ1n) is 12.0. The minimum atomic E-state index is -0.848. The van der Waals surface area contributed by atoms with Gasteiger partial charge in [0.05, 0.1) is 29.3 Å². The predicted octanol–water partition coefficient (Wildman–Crippen LogP) is 7.17. The number of hydrogen-bond donors (Lipinski definition) is 1. The maximum Gasteiger partial charge on any atom is 0.419 e. The number of benzene rings is 2. The number of ether oxygens (including phenoxy) is 2. The van der Waals surface area contributed by atoms with Crippen molar-refractivity contribution in [3.05, 3.63) is 88.9 Å². The van der Waals surface area contributed by atoms with Gasteiger partial charge in [0.25, 0.3) is 0 Å². The van der Waals surface area contributed by atoms with Crippen LogP contribution < -0.4 is 4.74 Å². The van der Waals surface area contributed by atoms with Gasteiger partial charge in [0, 0.05) is 23.4 Å². The normalized spacial score (nSPS) is 14.5. The first-order valence-corrected chi connectivity index (χ1v) is 12.8. The molecule has 6 rings (SSSR count). The van der Waals surface area contributed by atoms with Crippen molar-refractivity contribution in [2.24, 2.45) is 0 Å². The number of nitrogens with zero attached hydrogens (tertiary/aromatic N) is 4. The summed E-state index contributed by atoms with van der Waals surface area (Å²) in [6.07, 6.45) is 3.53. The van der Waals surface area contributed by atoms with E-state index in [2.05, 4.69) is 30.9 Å². The zero-order valence-electron chi connectivity index (χ0n) is 21.1. The molecule has 2 aromatic carbocycles. The van der Waals surface area contributed by atoms with Crippen LogP contribution >= 0.6 is 15.9 Å². The largest absolute Gasteiger partial charge is 0.465 e. The van der Waals surface area contributed by atoms with Gasteiger partial charge < -0.3 is 14.5 Å². The second kappa shape index (κ2) is 9.19. The van der Waals surface area contributed by atoms with Crippen LogP contribution in [0.3, 0.4) is 0 Å². The molecule has 39 heavy (non-hydrogen) atoms. The van der Waals surface area contributed by atoms with Gasteiger partial charge >= 0.3 is 6.09 Å². The average Bonchev–Trinajstić information content (AvgIpc) is 3.61. The molecule has 0 amide bonds. The Kier molecular flexibility index (Phi) is 5.91. The molecule has 3 aromatic heterocycles. The Balaban J connectivity index is 1.36. The fourth-order valence-corrected chi connectivity index (χ4v) is 4.94. The SMILES string of the molecule is CC(C)(C)OC(=O)n1cccc1-c1ncc(-c2ccc3c(c2)OC(c2cc(F)cc(F)c2)n2c(Br)cnc2-3)[nH]1. The molecular weight excluding hydrogens is 572 g/mol. The zero-order chi connectivity index (χ0) is 27.5. The van der Waals surface area contributed by atoms with Gasteiger partial charge in [-0.3, -0.25) is 4.57 Å². The molecule has 0 saturated heterocycles. The molecule has 5 aromatic rings. The highest BCUT2D eigenvalue weighted by Crippen LogP contribution is 2.43. The van der Waals surface area contributed by atoms with Gasteiger partial charge in [-0.25, -0.2) is 28.1 Å². The molecule has 4 heterocycles. The Hall–Kier alpha value is -4.25. The van der Waals surface area contributed by atoms with E-state index in [4.69, 9.17) is 9.47 Å². The summed E-state index contributed by atoms with van der Waals surface area (Å²) >= 11 is 3.47. The van der Waals surface area contributed by atoms with Gasteiger partial charge in [-0.2, -0.15) is 0 Å². The number of aromatic amines is 1. The van der Waals surface area contributed by atoms with E-state index in [1.165, 1.54) is 16.7 Å². The molecule has 0 fully saturated rings. The number of hydrogen-bond acceptors (Lipinski definition) is 5. The van der Waals surface area contributed by atoms with Gasteiger partial charge in [-0.15, -0.1) is 0 Å². The van der Waals surface area contributed by atoms with Gasteiger partial charge in [-0.1, -0.05) is 6.07 Å². The van der Waals surface area contributed by atoms with E-state index in [1.807, 2.05) is 18.2 Å². The molecule has 8 nitrogen and oxygen atoms in total. The Labute approximate surface area is 230 Å². The van der Waals surface area contributed by atoms with Gasteiger partial charge in [0.1, 0.15) is 33.4 Å². The molecule has 1 aliphatic heterocycles. The molecule has 0 spiro atoms. The number of fused-ring (bicyclic) bond motifs is 3. The molecule has 0 saturated carbocycles. The molecule has 198 valence electrons. The number of imidazole rings is 2.